The van der Waals surface area contributed by atoms with E-state index in [9.17, 15) is 22.4 Å². The second-order valence-corrected chi connectivity index (χ2v) is 8.08. The number of halogens is 4. The van der Waals surface area contributed by atoms with E-state index >= 15 is 0 Å². The molecule has 1 saturated carbocycles. The van der Waals surface area contributed by atoms with Crippen LogP contribution in [0, 0.1) is 5.82 Å². The van der Waals surface area contributed by atoms with Gasteiger partial charge in [-0.3, -0.25) is 4.79 Å². The van der Waals surface area contributed by atoms with Crippen LogP contribution in [0.15, 0.2) is 24.5 Å². The molecule has 11 heteroatoms. The van der Waals surface area contributed by atoms with Crippen molar-refractivity contribution in [1.82, 2.24) is 15.3 Å². The molecule has 2 heterocycles. The fourth-order valence-electron chi connectivity index (χ4n) is 3.91. The Morgan fingerprint density at radius 2 is 1.88 bits per heavy atom. The Labute approximate surface area is 187 Å². The largest absolute Gasteiger partial charge is 0.363 e. The van der Waals surface area contributed by atoms with E-state index in [1.165, 1.54) is 18.5 Å². The zero-order chi connectivity index (χ0) is 23.5. The van der Waals surface area contributed by atoms with Gasteiger partial charge in [-0.05, 0) is 19.8 Å². The van der Waals surface area contributed by atoms with Crippen LogP contribution in [0.25, 0.3) is 0 Å². The van der Waals surface area contributed by atoms with E-state index in [0.29, 0.717) is 24.5 Å². The van der Waals surface area contributed by atoms with Crippen molar-refractivity contribution in [3.05, 3.63) is 52.7 Å². The van der Waals surface area contributed by atoms with Crippen LogP contribution in [-0.2, 0) is 20.7 Å². The zero-order valence-corrected chi connectivity index (χ0v) is 17.9. The number of ether oxygens (including phenoxy) is 2. The summed E-state index contributed by atoms with van der Waals surface area (Å²) in [6, 6.07) is 2.86. The topological polar surface area (TPSA) is 85.4 Å². The Balaban J connectivity index is 1.58. The number of rotatable bonds is 8. The second-order valence-electron chi connectivity index (χ2n) is 8.08. The molecule has 1 aliphatic heterocycles. The lowest BCUT2D eigenvalue weighted by Crippen LogP contribution is -2.45. The highest BCUT2D eigenvalue weighted by molar-refractivity contribution is 5.79. The average molecular weight is 468 g/mol. The van der Waals surface area contributed by atoms with Gasteiger partial charge in [0.25, 0.3) is 6.43 Å². The summed E-state index contributed by atoms with van der Waals surface area (Å²) >= 11 is 0. The average Bonchev–Trinajstić information content (AvgIpc) is 3.27. The van der Waals surface area contributed by atoms with Crippen LogP contribution in [0.1, 0.15) is 60.9 Å². The van der Waals surface area contributed by atoms with Crippen LogP contribution >= 0.6 is 0 Å². The predicted molar refractivity (Wildman–Crippen MR) is 110 cm³/mol. The molecule has 1 aromatic heterocycles. The van der Waals surface area contributed by atoms with E-state index in [4.69, 9.17) is 9.47 Å². The quantitative estimate of drug-likeness (QED) is 0.571. The molecule has 1 atom stereocenters. The van der Waals surface area contributed by atoms with Gasteiger partial charge in [-0.2, -0.15) is 0 Å². The number of carbonyl (C=O) groups is 1. The number of alkyl halides is 3. The third-order valence-electron chi connectivity index (χ3n) is 5.71. The number of carbonyl (C=O) groups excluding carboxylic acids is 1. The SMILES string of the molecule is C[C@@H](Nc1ncnc(CC(=O)NC2CC(F)C2)c1C1OCCO1)c1cccc(C(F)F)c1F. The van der Waals surface area contributed by atoms with Crippen LogP contribution in [0.3, 0.4) is 0 Å². The molecule has 7 nitrogen and oxygen atoms in total. The summed E-state index contributed by atoms with van der Waals surface area (Å²) in [7, 11) is 0. The lowest BCUT2D eigenvalue weighted by Gasteiger charge is -2.30. The molecule has 0 radical (unpaired) electrons. The smallest absolute Gasteiger partial charge is 0.266 e. The van der Waals surface area contributed by atoms with Gasteiger partial charge in [0.2, 0.25) is 5.91 Å². The highest BCUT2D eigenvalue weighted by Gasteiger charge is 2.32. The summed E-state index contributed by atoms with van der Waals surface area (Å²) in [4.78, 5) is 20.9. The van der Waals surface area contributed by atoms with Crippen molar-refractivity contribution in [1.29, 1.82) is 0 Å². The number of nitrogens with zero attached hydrogens (tertiary/aromatic N) is 2. The molecule has 1 saturated heterocycles. The van der Waals surface area contributed by atoms with E-state index in [1.807, 2.05) is 0 Å². The van der Waals surface area contributed by atoms with Gasteiger partial charge in [-0.1, -0.05) is 18.2 Å². The van der Waals surface area contributed by atoms with Crippen LogP contribution in [-0.4, -0.2) is 41.3 Å². The van der Waals surface area contributed by atoms with Gasteiger partial charge in [-0.15, -0.1) is 0 Å². The first kappa shape index (κ1) is 23.4. The minimum Gasteiger partial charge on any atom is -0.363 e. The summed E-state index contributed by atoms with van der Waals surface area (Å²) in [5.74, 6) is -1.09. The molecular formula is C22H24F4N4O3. The molecule has 2 N–H and O–H groups in total. The van der Waals surface area contributed by atoms with Crippen LogP contribution in [0.4, 0.5) is 23.4 Å². The molecule has 178 valence electrons. The molecule has 33 heavy (non-hydrogen) atoms. The molecule has 0 bridgehead atoms. The number of anilines is 1. The summed E-state index contributed by atoms with van der Waals surface area (Å²) in [6.07, 6.45) is -3.00. The number of benzene rings is 1. The highest BCUT2D eigenvalue weighted by atomic mass is 19.3. The molecule has 0 spiro atoms. The molecule has 2 aliphatic rings. The van der Waals surface area contributed by atoms with E-state index in [-0.39, 0.29) is 42.6 Å². The summed E-state index contributed by atoms with van der Waals surface area (Å²) in [6.45, 7) is 2.25. The molecule has 1 aliphatic carbocycles. The molecule has 4 rings (SSSR count). The van der Waals surface area contributed by atoms with Crippen molar-refractivity contribution in [3.8, 4) is 0 Å². The number of hydrogen-bond donors (Lipinski definition) is 2. The summed E-state index contributed by atoms with van der Waals surface area (Å²) < 4.78 is 65.1. The Kier molecular flexibility index (Phi) is 7.08. The van der Waals surface area contributed by atoms with Crippen molar-refractivity contribution in [2.24, 2.45) is 0 Å². The number of nitrogens with one attached hydrogen (secondary N) is 2. The fraction of sp³-hybridized carbons (Fsp3) is 0.500. The van der Waals surface area contributed by atoms with Crippen LogP contribution in [0.5, 0.6) is 0 Å². The van der Waals surface area contributed by atoms with Gasteiger partial charge in [0.1, 0.15) is 24.1 Å². The second kappa shape index (κ2) is 10.0. The Morgan fingerprint density at radius 3 is 2.55 bits per heavy atom. The maximum Gasteiger partial charge on any atom is 0.266 e. The fourth-order valence-corrected chi connectivity index (χ4v) is 3.91. The van der Waals surface area contributed by atoms with E-state index in [2.05, 4.69) is 20.6 Å². The van der Waals surface area contributed by atoms with Crippen molar-refractivity contribution < 1.29 is 31.8 Å². The third kappa shape index (κ3) is 5.25. The van der Waals surface area contributed by atoms with Crippen molar-refractivity contribution in [3.63, 3.8) is 0 Å². The van der Waals surface area contributed by atoms with E-state index in [0.717, 1.165) is 6.07 Å². The van der Waals surface area contributed by atoms with Gasteiger partial charge in [0.05, 0.1) is 42.5 Å². The van der Waals surface area contributed by atoms with Crippen molar-refractivity contribution in [2.75, 3.05) is 18.5 Å². The summed E-state index contributed by atoms with van der Waals surface area (Å²) in [5.41, 5.74) is 0.0625. The number of amides is 1. The first-order valence-electron chi connectivity index (χ1n) is 10.7. The zero-order valence-electron chi connectivity index (χ0n) is 17.9. The van der Waals surface area contributed by atoms with E-state index < -0.39 is 36.3 Å². The number of hydrogen-bond acceptors (Lipinski definition) is 6. The first-order chi connectivity index (χ1) is 15.8. The van der Waals surface area contributed by atoms with Crippen LogP contribution in [0.2, 0.25) is 0 Å². The molecule has 1 amide bonds. The van der Waals surface area contributed by atoms with Crippen LogP contribution < -0.4 is 10.6 Å². The Morgan fingerprint density at radius 1 is 1.18 bits per heavy atom. The minimum absolute atomic E-state index is 0.0377. The van der Waals surface area contributed by atoms with Crippen molar-refractivity contribution in [2.45, 2.75) is 57.2 Å². The molecule has 2 fully saturated rings. The van der Waals surface area contributed by atoms with Gasteiger partial charge in [-0.25, -0.2) is 27.5 Å². The monoisotopic (exact) mass is 468 g/mol. The maximum atomic E-state index is 14.6. The molecule has 0 unspecified atom stereocenters. The lowest BCUT2D eigenvalue weighted by atomic mass is 9.90. The predicted octanol–water partition coefficient (Wildman–Crippen LogP) is 3.93. The van der Waals surface area contributed by atoms with Gasteiger partial charge in [0, 0.05) is 11.6 Å². The molecular weight excluding hydrogens is 444 g/mol. The van der Waals surface area contributed by atoms with E-state index in [1.54, 1.807) is 6.92 Å². The Hall–Kier alpha value is -2.79. The van der Waals surface area contributed by atoms with Gasteiger partial charge >= 0.3 is 0 Å². The summed E-state index contributed by atoms with van der Waals surface area (Å²) in [5, 5.41) is 5.78. The normalized spacial score (nSPS) is 21.6. The lowest BCUT2D eigenvalue weighted by molar-refractivity contribution is -0.122. The first-order valence-corrected chi connectivity index (χ1v) is 10.7. The maximum absolute atomic E-state index is 14.6. The minimum atomic E-state index is -2.94. The standard InChI is InChI=1S/C22H24F4N4O3/c1-11(14-3-2-4-15(19(14)24)20(25)26)29-21-18(22-32-5-6-33-22)16(27-10-28-21)9-17(31)30-13-7-12(23)8-13/h2-4,10-13,20,22H,5-9H2,1H3,(H,30,31)(H,27,28,29)/t11-,12?,13?/m1/s1. The van der Waals surface area contributed by atoms with Gasteiger partial charge in [0.15, 0.2) is 6.29 Å². The van der Waals surface area contributed by atoms with Gasteiger partial charge < -0.3 is 20.1 Å². The Bertz CT molecular complexity index is 998. The molecule has 2 aromatic rings. The highest BCUT2D eigenvalue weighted by Crippen LogP contribution is 2.34. The third-order valence-corrected chi connectivity index (χ3v) is 5.71. The van der Waals surface area contributed by atoms with Crippen molar-refractivity contribution >= 4 is 11.7 Å². The number of aromatic nitrogens is 2. The molecule has 1 aromatic carbocycles.